The lowest BCUT2D eigenvalue weighted by atomic mass is 9.94. The molecule has 0 fully saturated rings. The number of hydrogen-bond donors (Lipinski definition) is 1. The Morgan fingerprint density at radius 1 is 1.27 bits per heavy atom. The summed E-state index contributed by atoms with van der Waals surface area (Å²) in [6.45, 7) is 1.61. The average Bonchev–Trinajstić information content (AvgIpc) is 3.04. The molecule has 3 rings (SSSR count). The van der Waals surface area contributed by atoms with Crippen LogP contribution >= 0.6 is 0 Å². The highest BCUT2D eigenvalue weighted by atomic mass is 16.4. The van der Waals surface area contributed by atoms with Crippen molar-refractivity contribution in [3.8, 4) is 0 Å². The van der Waals surface area contributed by atoms with Gasteiger partial charge in [-0.15, -0.1) is 0 Å². The van der Waals surface area contributed by atoms with Gasteiger partial charge in [0.2, 0.25) is 5.91 Å². The minimum absolute atomic E-state index is 0.0712. The monoisotopic (exact) mass is 299 g/mol. The van der Waals surface area contributed by atoms with Crippen molar-refractivity contribution in [2.75, 3.05) is 6.54 Å². The van der Waals surface area contributed by atoms with Crippen LogP contribution in [0.1, 0.15) is 27.9 Å². The number of benzene rings is 1. The molecule has 6 nitrogen and oxygen atoms in total. The molecule has 1 aromatic heterocycles. The highest BCUT2D eigenvalue weighted by Gasteiger charge is 2.23. The first-order valence-electron chi connectivity index (χ1n) is 7.24. The molecule has 0 atom stereocenters. The molecule has 0 spiro atoms. The minimum atomic E-state index is -0.907. The van der Waals surface area contributed by atoms with E-state index in [4.69, 9.17) is 0 Å². The van der Waals surface area contributed by atoms with Crippen molar-refractivity contribution >= 4 is 11.9 Å². The van der Waals surface area contributed by atoms with Gasteiger partial charge in [0.05, 0.1) is 5.56 Å². The molecule has 0 radical (unpaired) electrons. The van der Waals surface area contributed by atoms with Crippen LogP contribution in [0.2, 0.25) is 0 Å². The number of carboxylic acid groups (broad SMARTS) is 1. The minimum Gasteiger partial charge on any atom is -0.478 e. The predicted octanol–water partition coefficient (Wildman–Crippen LogP) is 1.56. The van der Waals surface area contributed by atoms with E-state index in [1.54, 1.807) is 27.9 Å². The Bertz CT molecular complexity index is 695. The fraction of sp³-hybridized carbons (Fsp3) is 0.312. The maximum absolute atomic E-state index is 12.3. The van der Waals surface area contributed by atoms with E-state index in [-0.39, 0.29) is 5.91 Å². The molecular weight excluding hydrogens is 282 g/mol. The Balaban J connectivity index is 1.67. The number of carbonyl (C=O) groups is 2. The molecule has 1 aliphatic rings. The topological polar surface area (TPSA) is 75.4 Å². The van der Waals surface area contributed by atoms with Crippen LogP contribution in [0, 0.1) is 0 Å². The smallest absolute Gasteiger partial charge is 0.335 e. The van der Waals surface area contributed by atoms with Gasteiger partial charge in [-0.2, -0.15) is 5.10 Å². The van der Waals surface area contributed by atoms with Crippen molar-refractivity contribution in [2.45, 2.75) is 25.9 Å². The van der Waals surface area contributed by atoms with E-state index in [1.807, 2.05) is 18.3 Å². The second kappa shape index (κ2) is 6.01. The SMILES string of the molecule is O=C(O)c1cccc2c1CCN(C(=O)CCn1cccn1)C2. The third-order valence-electron chi connectivity index (χ3n) is 3.96. The summed E-state index contributed by atoms with van der Waals surface area (Å²) in [6, 6.07) is 7.08. The van der Waals surface area contributed by atoms with Crippen LogP contribution in [0.3, 0.4) is 0 Å². The fourth-order valence-corrected chi connectivity index (χ4v) is 2.82. The van der Waals surface area contributed by atoms with Gasteiger partial charge in [-0.3, -0.25) is 9.48 Å². The zero-order valence-corrected chi connectivity index (χ0v) is 12.1. The number of aromatic nitrogens is 2. The molecule has 1 amide bonds. The Hall–Kier alpha value is -2.63. The molecule has 2 heterocycles. The van der Waals surface area contributed by atoms with Crippen LogP contribution < -0.4 is 0 Å². The van der Waals surface area contributed by atoms with E-state index in [1.165, 1.54) is 0 Å². The summed E-state index contributed by atoms with van der Waals surface area (Å²) in [5.74, 6) is -0.836. The van der Waals surface area contributed by atoms with Gasteiger partial charge < -0.3 is 10.0 Å². The summed E-state index contributed by atoms with van der Waals surface area (Å²) < 4.78 is 1.73. The first-order valence-corrected chi connectivity index (χ1v) is 7.24. The second-order valence-corrected chi connectivity index (χ2v) is 5.33. The summed E-state index contributed by atoms with van der Waals surface area (Å²) in [6.07, 6.45) is 4.51. The molecule has 0 aliphatic carbocycles. The number of amides is 1. The van der Waals surface area contributed by atoms with Crippen molar-refractivity contribution in [3.05, 3.63) is 53.3 Å². The summed E-state index contributed by atoms with van der Waals surface area (Å²) in [5, 5.41) is 13.3. The lowest BCUT2D eigenvalue weighted by Crippen LogP contribution is -2.37. The molecule has 0 saturated heterocycles. The summed E-state index contributed by atoms with van der Waals surface area (Å²) in [7, 11) is 0. The number of hydrogen-bond acceptors (Lipinski definition) is 3. The summed E-state index contributed by atoms with van der Waals surface area (Å²) in [5.41, 5.74) is 2.13. The number of fused-ring (bicyclic) bond motifs is 1. The van der Waals surface area contributed by atoms with Crippen LogP contribution in [0.25, 0.3) is 0 Å². The third-order valence-corrected chi connectivity index (χ3v) is 3.96. The van der Waals surface area contributed by atoms with Crippen molar-refractivity contribution in [3.63, 3.8) is 0 Å². The maximum Gasteiger partial charge on any atom is 0.335 e. The molecule has 1 aromatic carbocycles. The van der Waals surface area contributed by atoms with Gasteiger partial charge >= 0.3 is 5.97 Å². The lowest BCUT2D eigenvalue weighted by Gasteiger charge is -2.29. The highest BCUT2D eigenvalue weighted by Crippen LogP contribution is 2.23. The van der Waals surface area contributed by atoms with Crippen molar-refractivity contribution in [1.82, 2.24) is 14.7 Å². The van der Waals surface area contributed by atoms with E-state index in [0.717, 1.165) is 11.1 Å². The number of carbonyl (C=O) groups excluding carboxylic acids is 1. The Morgan fingerprint density at radius 3 is 2.86 bits per heavy atom. The van der Waals surface area contributed by atoms with Crippen LogP contribution in [0.4, 0.5) is 0 Å². The molecule has 0 unspecified atom stereocenters. The molecule has 0 bridgehead atoms. The Morgan fingerprint density at radius 2 is 2.14 bits per heavy atom. The molecular formula is C16H17N3O3. The van der Waals surface area contributed by atoms with Gasteiger partial charge in [-0.05, 0) is 29.7 Å². The molecule has 2 aromatic rings. The van der Waals surface area contributed by atoms with E-state index in [2.05, 4.69) is 5.10 Å². The standard InChI is InChI=1S/C16H17N3O3/c20-15(6-10-19-8-2-7-17-19)18-9-5-13-12(11-18)3-1-4-14(13)16(21)22/h1-4,7-8H,5-6,9-11H2,(H,21,22). The van der Waals surface area contributed by atoms with E-state index >= 15 is 0 Å². The molecule has 22 heavy (non-hydrogen) atoms. The van der Waals surface area contributed by atoms with Gasteiger partial charge in [0.25, 0.3) is 0 Å². The van der Waals surface area contributed by atoms with Gasteiger partial charge in [0.1, 0.15) is 0 Å². The summed E-state index contributed by atoms with van der Waals surface area (Å²) in [4.78, 5) is 25.3. The fourth-order valence-electron chi connectivity index (χ4n) is 2.82. The zero-order chi connectivity index (χ0) is 15.5. The number of rotatable bonds is 4. The average molecular weight is 299 g/mol. The lowest BCUT2D eigenvalue weighted by molar-refractivity contribution is -0.132. The summed E-state index contributed by atoms with van der Waals surface area (Å²) >= 11 is 0. The maximum atomic E-state index is 12.3. The van der Waals surface area contributed by atoms with Crippen LogP contribution in [0.5, 0.6) is 0 Å². The van der Waals surface area contributed by atoms with E-state index in [0.29, 0.717) is 38.0 Å². The number of aryl methyl sites for hydroxylation is 1. The van der Waals surface area contributed by atoms with E-state index in [9.17, 15) is 14.7 Å². The van der Waals surface area contributed by atoms with Crippen molar-refractivity contribution in [2.24, 2.45) is 0 Å². The van der Waals surface area contributed by atoms with Gasteiger partial charge in [-0.25, -0.2) is 4.79 Å². The first kappa shape index (κ1) is 14.3. The molecule has 0 saturated carbocycles. The normalized spacial score (nSPS) is 13.7. The van der Waals surface area contributed by atoms with Crippen molar-refractivity contribution < 1.29 is 14.7 Å². The number of nitrogens with zero attached hydrogens (tertiary/aromatic N) is 3. The van der Waals surface area contributed by atoms with Gasteiger partial charge in [-0.1, -0.05) is 12.1 Å². The quantitative estimate of drug-likeness (QED) is 0.929. The predicted molar refractivity (Wildman–Crippen MR) is 79.4 cm³/mol. The number of carboxylic acids is 1. The molecule has 1 aliphatic heterocycles. The first-order chi connectivity index (χ1) is 10.6. The van der Waals surface area contributed by atoms with Crippen LogP contribution in [-0.2, 0) is 24.3 Å². The van der Waals surface area contributed by atoms with E-state index < -0.39 is 5.97 Å². The third kappa shape index (κ3) is 2.86. The van der Waals surface area contributed by atoms with Gasteiger partial charge in [0.15, 0.2) is 0 Å². The number of aromatic carboxylic acids is 1. The second-order valence-electron chi connectivity index (χ2n) is 5.33. The molecule has 1 N–H and O–H groups in total. The van der Waals surface area contributed by atoms with Crippen LogP contribution in [0.15, 0.2) is 36.7 Å². The van der Waals surface area contributed by atoms with Gasteiger partial charge in [0, 0.05) is 38.4 Å². The Kier molecular flexibility index (Phi) is 3.91. The van der Waals surface area contributed by atoms with Crippen molar-refractivity contribution in [1.29, 1.82) is 0 Å². The molecule has 114 valence electrons. The highest BCUT2D eigenvalue weighted by molar-refractivity contribution is 5.90. The largest absolute Gasteiger partial charge is 0.478 e. The molecule has 6 heteroatoms. The Labute approximate surface area is 128 Å². The van der Waals surface area contributed by atoms with Crippen LogP contribution in [-0.4, -0.2) is 38.2 Å². The zero-order valence-electron chi connectivity index (χ0n) is 12.1.